The summed E-state index contributed by atoms with van der Waals surface area (Å²) in [5.41, 5.74) is 2.96. The van der Waals surface area contributed by atoms with Crippen molar-refractivity contribution in [2.24, 2.45) is 46.3 Å². The van der Waals surface area contributed by atoms with Crippen LogP contribution in [0.4, 0.5) is 0 Å². The molecule has 166 valence electrons. The van der Waals surface area contributed by atoms with Crippen LogP contribution >= 0.6 is 0 Å². The first-order valence-electron chi connectivity index (χ1n) is 13.2. The molecule has 1 N–H and O–H groups in total. The number of nitrogens with one attached hydrogen (secondary N) is 1. The van der Waals surface area contributed by atoms with E-state index in [0.717, 1.165) is 41.5 Å². The molecular formula is C28H49N. The molecule has 0 heterocycles. The van der Waals surface area contributed by atoms with Gasteiger partial charge in [0, 0.05) is 6.04 Å². The summed E-state index contributed by atoms with van der Waals surface area (Å²) in [6.45, 7) is 12.8. The second kappa shape index (κ2) is 8.33. The van der Waals surface area contributed by atoms with Crippen LogP contribution in [0.2, 0.25) is 0 Å². The maximum absolute atomic E-state index is 3.57. The third kappa shape index (κ3) is 3.77. The molecule has 3 saturated carbocycles. The van der Waals surface area contributed by atoms with Gasteiger partial charge in [-0.1, -0.05) is 65.5 Å². The molecule has 0 saturated heterocycles. The summed E-state index contributed by atoms with van der Waals surface area (Å²) in [5.74, 6) is 5.72. The van der Waals surface area contributed by atoms with Crippen LogP contribution < -0.4 is 5.32 Å². The van der Waals surface area contributed by atoms with Gasteiger partial charge < -0.3 is 5.32 Å². The molecule has 8 atom stereocenters. The molecule has 0 aliphatic heterocycles. The van der Waals surface area contributed by atoms with Crippen molar-refractivity contribution < 1.29 is 0 Å². The summed E-state index contributed by atoms with van der Waals surface area (Å²) in [5, 5.41) is 3.57. The van der Waals surface area contributed by atoms with Gasteiger partial charge in [0.2, 0.25) is 0 Å². The Morgan fingerprint density at radius 3 is 2.52 bits per heavy atom. The fraction of sp³-hybridized carbons (Fsp3) is 0.929. The van der Waals surface area contributed by atoms with Gasteiger partial charge in [-0.25, -0.2) is 0 Å². The fourth-order valence-corrected chi connectivity index (χ4v) is 8.93. The highest BCUT2D eigenvalue weighted by Gasteiger charge is 2.59. The molecule has 4 aliphatic rings. The number of fused-ring (bicyclic) bond motifs is 5. The highest BCUT2D eigenvalue weighted by Crippen LogP contribution is 2.67. The van der Waals surface area contributed by atoms with Crippen molar-refractivity contribution in [3.63, 3.8) is 0 Å². The summed E-state index contributed by atoms with van der Waals surface area (Å²) in [4.78, 5) is 0. The predicted molar refractivity (Wildman–Crippen MR) is 126 cm³/mol. The maximum atomic E-state index is 3.57. The van der Waals surface area contributed by atoms with E-state index in [1.807, 2.05) is 5.57 Å². The van der Waals surface area contributed by atoms with Gasteiger partial charge in [0.1, 0.15) is 0 Å². The normalized spacial score (nSPS) is 45.3. The van der Waals surface area contributed by atoms with Gasteiger partial charge in [0.25, 0.3) is 0 Å². The molecule has 0 aromatic carbocycles. The van der Waals surface area contributed by atoms with E-state index in [1.165, 1.54) is 70.6 Å². The first kappa shape index (κ1) is 21.9. The SMILES string of the molecule is CN[C@H]1CCC2(C)C(=CC[C@H]3C2CCC2(C)C([C@H](C)CCCC(C)C)CC[C@@H]32)C1. The van der Waals surface area contributed by atoms with Crippen molar-refractivity contribution in [3.8, 4) is 0 Å². The fourth-order valence-electron chi connectivity index (χ4n) is 8.93. The summed E-state index contributed by atoms with van der Waals surface area (Å²) in [6, 6.07) is 0.724. The Labute approximate surface area is 181 Å². The van der Waals surface area contributed by atoms with Crippen molar-refractivity contribution >= 4 is 0 Å². The molecule has 0 aromatic heterocycles. The van der Waals surface area contributed by atoms with Gasteiger partial charge >= 0.3 is 0 Å². The van der Waals surface area contributed by atoms with Crippen LogP contribution in [0.3, 0.4) is 0 Å². The molecule has 1 nitrogen and oxygen atoms in total. The predicted octanol–water partition coefficient (Wildman–Crippen LogP) is 7.62. The van der Waals surface area contributed by atoms with E-state index < -0.39 is 0 Å². The molecule has 4 aliphatic carbocycles. The molecule has 0 spiro atoms. The first-order chi connectivity index (χ1) is 13.8. The molecule has 0 bridgehead atoms. The van der Waals surface area contributed by atoms with Crippen LogP contribution in [-0.2, 0) is 0 Å². The molecule has 1 heteroatoms. The van der Waals surface area contributed by atoms with Crippen molar-refractivity contribution in [2.75, 3.05) is 7.05 Å². The molecule has 0 amide bonds. The molecule has 3 fully saturated rings. The van der Waals surface area contributed by atoms with Crippen molar-refractivity contribution in [3.05, 3.63) is 11.6 Å². The van der Waals surface area contributed by atoms with Crippen molar-refractivity contribution in [2.45, 2.75) is 111 Å². The smallest absolute Gasteiger partial charge is 0.0102 e. The van der Waals surface area contributed by atoms with Crippen LogP contribution in [0, 0.1) is 46.3 Å². The topological polar surface area (TPSA) is 12.0 Å². The lowest BCUT2D eigenvalue weighted by atomic mass is 9.47. The molecular weight excluding hydrogens is 350 g/mol. The summed E-state index contributed by atoms with van der Waals surface area (Å²) < 4.78 is 0. The minimum Gasteiger partial charge on any atom is -0.317 e. The second-order valence-electron chi connectivity index (χ2n) is 12.5. The summed E-state index contributed by atoms with van der Waals surface area (Å²) in [6.07, 6.45) is 18.6. The average molecular weight is 400 g/mol. The zero-order valence-electron chi connectivity index (χ0n) is 20.4. The number of allylic oxidation sites excluding steroid dienone is 1. The van der Waals surface area contributed by atoms with Gasteiger partial charge in [-0.2, -0.15) is 0 Å². The molecule has 4 unspecified atom stereocenters. The number of hydrogen-bond acceptors (Lipinski definition) is 1. The Balaban J connectivity index is 1.48. The minimum absolute atomic E-state index is 0.512. The van der Waals surface area contributed by atoms with Crippen LogP contribution in [0.25, 0.3) is 0 Å². The lowest BCUT2D eigenvalue weighted by Crippen LogP contribution is -2.51. The maximum Gasteiger partial charge on any atom is 0.0102 e. The Bertz CT molecular complexity index is 605. The monoisotopic (exact) mass is 399 g/mol. The first-order valence-corrected chi connectivity index (χ1v) is 13.2. The van der Waals surface area contributed by atoms with E-state index in [9.17, 15) is 0 Å². The zero-order chi connectivity index (χ0) is 20.8. The Morgan fingerprint density at radius 1 is 1.00 bits per heavy atom. The van der Waals surface area contributed by atoms with E-state index in [2.05, 4.69) is 53.1 Å². The van der Waals surface area contributed by atoms with Gasteiger partial charge in [-0.3, -0.25) is 0 Å². The lowest BCUT2D eigenvalue weighted by molar-refractivity contribution is -0.0513. The summed E-state index contributed by atoms with van der Waals surface area (Å²) in [7, 11) is 2.16. The van der Waals surface area contributed by atoms with E-state index in [4.69, 9.17) is 0 Å². The van der Waals surface area contributed by atoms with Gasteiger partial charge in [-0.15, -0.1) is 0 Å². The zero-order valence-corrected chi connectivity index (χ0v) is 20.4. The third-order valence-electron chi connectivity index (χ3n) is 10.7. The Hall–Kier alpha value is -0.300. The van der Waals surface area contributed by atoms with Crippen molar-refractivity contribution in [1.82, 2.24) is 5.32 Å². The standard InChI is InChI=1S/C28H49N/c1-19(2)8-7-9-20(3)24-12-13-25-23-11-10-21-18-22(29-6)14-16-27(21,4)26(23)15-17-28(24,25)5/h10,19-20,22-26,29H,7-9,11-18H2,1-6H3/t20-,22+,23-,24?,25+,26?,27?,28?/m1/s1. The van der Waals surface area contributed by atoms with Gasteiger partial charge in [0.15, 0.2) is 0 Å². The highest BCUT2D eigenvalue weighted by molar-refractivity contribution is 5.25. The minimum atomic E-state index is 0.512. The van der Waals surface area contributed by atoms with E-state index in [1.54, 1.807) is 0 Å². The van der Waals surface area contributed by atoms with E-state index >= 15 is 0 Å². The van der Waals surface area contributed by atoms with Gasteiger partial charge in [-0.05, 0) is 105 Å². The highest BCUT2D eigenvalue weighted by atomic mass is 14.9. The van der Waals surface area contributed by atoms with Crippen LogP contribution in [0.1, 0.15) is 105 Å². The summed E-state index contributed by atoms with van der Waals surface area (Å²) >= 11 is 0. The van der Waals surface area contributed by atoms with Crippen molar-refractivity contribution in [1.29, 1.82) is 0 Å². The second-order valence-corrected chi connectivity index (χ2v) is 12.5. The Morgan fingerprint density at radius 2 is 1.79 bits per heavy atom. The Kier molecular flexibility index (Phi) is 6.29. The van der Waals surface area contributed by atoms with E-state index in [0.29, 0.717) is 10.8 Å². The molecule has 0 aromatic rings. The van der Waals surface area contributed by atoms with E-state index in [-0.39, 0.29) is 0 Å². The number of hydrogen-bond donors (Lipinski definition) is 1. The quantitative estimate of drug-likeness (QED) is 0.453. The molecule has 0 radical (unpaired) electrons. The van der Waals surface area contributed by atoms with Crippen LogP contribution in [0.5, 0.6) is 0 Å². The lowest BCUT2D eigenvalue weighted by Gasteiger charge is -2.58. The molecule has 4 rings (SSSR count). The average Bonchev–Trinajstić information content (AvgIpc) is 3.04. The van der Waals surface area contributed by atoms with Crippen LogP contribution in [-0.4, -0.2) is 13.1 Å². The van der Waals surface area contributed by atoms with Gasteiger partial charge in [0.05, 0.1) is 0 Å². The van der Waals surface area contributed by atoms with Crippen LogP contribution in [0.15, 0.2) is 11.6 Å². The largest absolute Gasteiger partial charge is 0.317 e. The number of rotatable bonds is 6. The third-order valence-corrected chi connectivity index (χ3v) is 10.7. The molecule has 29 heavy (non-hydrogen) atoms.